The number of pyridine rings is 1. The molecule has 94 valence electrons. The van der Waals surface area contributed by atoms with Crippen molar-refractivity contribution in [2.45, 2.75) is 12.5 Å². The van der Waals surface area contributed by atoms with Gasteiger partial charge in [-0.1, -0.05) is 24.3 Å². The standard InChI is InChI=1S/C9H7N.C4H7NO2S/c1-2-6-9-8(4-1)5-3-7-10-9;6-4(8)3-1-2-5-7-3/h1-7H;3,5H,1-2H2,(H,6,8). The van der Waals surface area contributed by atoms with E-state index in [4.69, 9.17) is 4.84 Å². The Kier molecular flexibility index (Phi) is 4.69. The molecule has 0 spiro atoms. The minimum absolute atomic E-state index is 0.199. The predicted molar refractivity (Wildman–Crippen MR) is 73.2 cm³/mol. The van der Waals surface area contributed by atoms with Gasteiger partial charge in [-0.15, -0.1) is 12.6 Å². The molecule has 4 nitrogen and oxygen atoms in total. The maximum atomic E-state index is 10.3. The third-order valence-electron chi connectivity index (χ3n) is 2.52. The molecular formula is C13H14N2O2S. The molecule has 1 aromatic carbocycles. The summed E-state index contributed by atoms with van der Waals surface area (Å²) in [6.45, 7) is 0.747. The summed E-state index contributed by atoms with van der Waals surface area (Å²) in [4.78, 5) is 19.3. The molecule has 2 aromatic rings. The highest BCUT2D eigenvalue weighted by Crippen LogP contribution is 2.08. The molecule has 1 aliphatic rings. The van der Waals surface area contributed by atoms with E-state index in [0.717, 1.165) is 18.5 Å². The quantitative estimate of drug-likeness (QED) is 0.772. The Labute approximate surface area is 111 Å². The molecule has 1 aromatic heterocycles. The second kappa shape index (κ2) is 6.49. The van der Waals surface area contributed by atoms with Crippen molar-refractivity contribution in [1.29, 1.82) is 0 Å². The van der Waals surface area contributed by atoms with E-state index >= 15 is 0 Å². The molecule has 2 heterocycles. The molecule has 1 saturated heterocycles. The van der Waals surface area contributed by atoms with Crippen molar-refractivity contribution in [2.75, 3.05) is 6.54 Å². The Hall–Kier alpha value is -1.43. The minimum atomic E-state index is -0.321. The first kappa shape index (κ1) is 13.0. The Bertz CT molecular complexity index is 462. The molecule has 1 unspecified atom stereocenters. The zero-order chi connectivity index (χ0) is 12.8. The molecular weight excluding hydrogens is 248 g/mol. The number of nitrogens with zero attached hydrogens (tertiary/aromatic N) is 1. The fourth-order valence-corrected chi connectivity index (χ4v) is 1.78. The van der Waals surface area contributed by atoms with Gasteiger partial charge in [0.15, 0.2) is 0 Å². The molecule has 3 rings (SSSR count). The largest absolute Gasteiger partial charge is 0.290 e. The number of fused-ring (bicyclic) bond motifs is 1. The van der Waals surface area contributed by atoms with Crippen LogP contribution in [0.2, 0.25) is 0 Å². The summed E-state index contributed by atoms with van der Waals surface area (Å²) >= 11 is 3.59. The van der Waals surface area contributed by atoms with Crippen LogP contribution in [-0.2, 0) is 9.63 Å². The predicted octanol–water partition coefficient (Wildman–Crippen LogP) is 1.97. The van der Waals surface area contributed by atoms with Crippen molar-refractivity contribution in [1.82, 2.24) is 10.5 Å². The number of aromatic nitrogens is 1. The molecule has 0 bridgehead atoms. The van der Waals surface area contributed by atoms with E-state index in [1.807, 2.05) is 30.5 Å². The number of carbonyl (C=O) groups is 1. The van der Waals surface area contributed by atoms with Gasteiger partial charge in [0.1, 0.15) is 6.10 Å². The highest BCUT2D eigenvalue weighted by Gasteiger charge is 2.20. The SMILES string of the molecule is O=C(S)C1CCNO1.c1ccc2ncccc2c1. The number of nitrogens with one attached hydrogen (secondary N) is 1. The summed E-state index contributed by atoms with van der Waals surface area (Å²) in [6, 6.07) is 12.1. The van der Waals surface area contributed by atoms with Gasteiger partial charge in [-0.25, -0.2) is 5.48 Å². The lowest BCUT2D eigenvalue weighted by Gasteiger charge is -1.98. The Morgan fingerprint density at radius 1 is 1.33 bits per heavy atom. The number of thiol groups is 1. The van der Waals surface area contributed by atoms with E-state index in [-0.39, 0.29) is 11.2 Å². The summed E-state index contributed by atoms with van der Waals surface area (Å²) in [5.74, 6) is 0. The van der Waals surface area contributed by atoms with E-state index in [0.29, 0.717) is 0 Å². The zero-order valence-electron chi connectivity index (χ0n) is 9.74. The van der Waals surface area contributed by atoms with Crippen LogP contribution in [-0.4, -0.2) is 22.7 Å². The van der Waals surface area contributed by atoms with Gasteiger partial charge in [0.25, 0.3) is 0 Å². The lowest BCUT2D eigenvalue weighted by atomic mass is 10.2. The molecule has 18 heavy (non-hydrogen) atoms. The molecule has 0 saturated carbocycles. The fourth-order valence-electron chi connectivity index (χ4n) is 1.60. The highest BCUT2D eigenvalue weighted by molar-refractivity contribution is 7.96. The highest BCUT2D eigenvalue weighted by atomic mass is 32.1. The van der Waals surface area contributed by atoms with Crippen LogP contribution >= 0.6 is 12.6 Å². The number of rotatable bonds is 1. The second-order valence-corrected chi connectivity index (χ2v) is 4.26. The first-order valence-electron chi connectivity index (χ1n) is 5.68. The maximum absolute atomic E-state index is 10.3. The third kappa shape index (κ3) is 3.53. The van der Waals surface area contributed by atoms with Crippen LogP contribution in [0.1, 0.15) is 6.42 Å². The maximum Gasteiger partial charge on any atom is 0.216 e. The van der Waals surface area contributed by atoms with Crippen LogP contribution in [0, 0.1) is 0 Å². The Balaban J connectivity index is 0.000000138. The van der Waals surface area contributed by atoms with Gasteiger partial charge in [0.2, 0.25) is 5.12 Å². The normalized spacial score (nSPS) is 18.2. The number of hydrogen-bond donors (Lipinski definition) is 2. The fraction of sp³-hybridized carbons (Fsp3) is 0.231. The van der Waals surface area contributed by atoms with E-state index in [2.05, 4.69) is 35.2 Å². The summed E-state index contributed by atoms with van der Waals surface area (Å²) in [5.41, 5.74) is 3.64. The molecule has 1 atom stereocenters. The average molecular weight is 262 g/mol. The molecule has 1 fully saturated rings. The summed E-state index contributed by atoms with van der Waals surface area (Å²) < 4.78 is 0. The van der Waals surface area contributed by atoms with Gasteiger partial charge in [0, 0.05) is 18.1 Å². The van der Waals surface area contributed by atoms with Crippen LogP contribution in [0.3, 0.4) is 0 Å². The molecule has 0 radical (unpaired) electrons. The van der Waals surface area contributed by atoms with Crippen molar-refractivity contribution in [2.24, 2.45) is 0 Å². The monoisotopic (exact) mass is 262 g/mol. The van der Waals surface area contributed by atoms with Crippen molar-refractivity contribution in [3.63, 3.8) is 0 Å². The van der Waals surface area contributed by atoms with Gasteiger partial charge in [-0.3, -0.25) is 14.6 Å². The number of benzene rings is 1. The topological polar surface area (TPSA) is 51.2 Å². The number of para-hydroxylation sites is 1. The average Bonchev–Trinajstić information content (AvgIpc) is 2.94. The lowest BCUT2D eigenvalue weighted by Crippen LogP contribution is -2.15. The van der Waals surface area contributed by atoms with E-state index in [1.54, 1.807) is 0 Å². The third-order valence-corrected chi connectivity index (χ3v) is 2.81. The second-order valence-electron chi connectivity index (χ2n) is 3.82. The van der Waals surface area contributed by atoms with Crippen LogP contribution in [0.5, 0.6) is 0 Å². The first-order chi connectivity index (χ1) is 8.77. The van der Waals surface area contributed by atoms with Gasteiger partial charge in [0.05, 0.1) is 5.52 Å². The number of carbonyl (C=O) groups excluding carboxylic acids is 1. The van der Waals surface area contributed by atoms with Gasteiger partial charge in [-0.2, -0.15) is 0 Å². The summed E-state index contributed by atoms with van der Waals surface area (Å²) in [6.07, 6.45) is 2.23. The van der Waals surface area contributed by atoms with Gasteiger partial charge in [-0.05, 0) is 18.6 Å². The smallest absolute Gasteiger partial charge is 0.216 e. The lowest BCUT2D eigenvalue weighted by molar-refractivity contribution is -0.121. The molecule has 0 amide bonds. The van der Waals surface area contributed by atoms with E-state index in [1.165, 1.54) is 5.39 Å². The van der Waals surface area contributed by atoms with Crippen molar-refractivity contribution in [3.05, 3.63) is 42.6 Å². The van der Waals surface area contributed by atoms with Crippen LogP contribution in [0.15, 0.2) is 42.6 Å². The van der Waals surface area contributed by atoms with Crippen LogP contribution < -0.4 is 5.48 Å². The zero-order valence-corrected chi connectivity index (χ0v) is 10.6. The van der Waals surface area contributed by atoms with Gasteiger partial charge >= 0.3 is 0 Å². The van der Waals surface area contributed by atoms with E-state index in [9.17, 15) is 4.79 Å². The molecule has 5 heteroatoms. The van der Waals surface area contributed by atoms with Crippen molar-refractivity contribution >= 4 is 28.6 Å². The molecule has 1 N–H and O–H groups in total. The molecule has 0 aliphatic carbocycles. The molecule has 1 aliphatic heterocycles. The van der Waals surface area contributed by atoms with Crippen LogP contribution in [0.4, 0.5) is 0 Å². The first-order valence-corrected chi connectivity index (χ1v) is 6.13. The number of hydroxylamine groups is 1. The minimum Gasteiger partial charge on any atom is -0.290 e. The Morgan fingerprint density at radius 2 is 2.11 bits per heavy atom. The van der Waals surface area contributed by atoms with Gasteiger partial charge < -0.3 is 0 Å². The van der Waals surface area contributed by atoms with Crippen molar-refractivity contribution in [3.8, 4) is 0 Å². The Morgan fingerprint density at radius 3 is 2.72 bits per heavy atom. The van der Waals surface area contributed by atoms with E-state index < -0.39 is 0 Å². The summed E-state index contributed by atoms with van der Waals surface area (Å²) in [5, 5.41) is 1.00. The summed E-state index contributed by atoms with van der Waals surface area (Å²) in [7, 11) is 0. The van der Waals surface area contributed by atoms with Crippen LogP contribution in [0.25, 0.3) is 10.9 Å². The van der Waals surface area contributed by atoms with Crippen molar-refractivity contribution < 1.29 is 9.63 Å². The number of hydrogen-bond acceptors (Lipinski definition) is 4.